The Balaban J connectivity index is 0.000000119. The highest BCUT2D eigenvalue weighted by molar-refractivity contribution is 6.27. The molecule has 0 N–H and O–H groups in total. The number of furan rings is 3. The van der Waals surface area contributed by atoms with Crippen LogP contribution in [0, 0.1) is 0 Å². The van der Waals surface area contributed by atoms with Crippen molar-refractivity contribution < 1.29 is 46.1 Å². The summed E-state index contributed by atoms with van der Waals surface area (Å²) in [7, 11) is 0. The zero-order valence-electron chi connectivity index (χ0n) is 90.2. The van der Waals surface area contributed by atoms with Crippen LogP contribution in [0.25, 0.3) is 252 Å². The van der Waals surface area contributed by atoms with Gasteiger partial charge < -0.3 is 13.3 Å². The summed E-state index contributed by atoms with van der Waals surface area (Å²) in [5.41, 5.74) is 15.8. The molecule has 26 rings (SSSR count). The van der Waals surface area contributed by atoms with Crippen LogP contribution in [0.4, 0.5) is 0 Å². The molecule has 0 spiro atoms. The summed E-state index contributed by atoms with van der Waals surface area (Å²) in [6.07, 6.45) is 0. The van der Waals surface area contributed by atoms with Gasteiger partial charge in [0.05, 0.1) is 32.9 Å². The predicted octanol–water partition coefficient (Wildman–Crippen LogP) is 35.0. The Hall–Kier alpha value is -16.5. The predicted molar refractivity (Wildman–Crippen MR) is 530 cm³/mol. The Morgan fingerprint density at radius 2 is 0.424 bits per heavy atom. The fraction of sp³-hybridized carbons (Fsp3) is 0. The van der Waals surface area contributed by atoms with E-state index in [2.05, 4.69) is 18.2 Å². The Kier molecular flexibility index (Phi) is 12.6. The van der Waals surface area contributed by atoms with E-state index in [1.807, 2.05) is 212 Å². The van der Waals surface area contributed by atoms with E-state index in [4.69, 9.17) is 40.7 Å². The van der Waals surface area contributed by atoms with Crippen molar-refractivity contribution in [3.63, 3.8) is 0 Å². The van der Waals surface area contributed by atoms with Gasteiger partial charge in [-0.3, -0.25) is 0 Å². The van der Waals surface area contributed by atoms with E-state index in [1.165, 1.54) is 0 Å². The maximum atomic E-state index is 9.29. The van der Waals surface area contributed by atoms with Gasteiger partial charge in [0.1, 0.15) is 33.5 Å². The standard InChI is InChI=1S/2C42H26O.C38H24O/c1-2-10-27(11-3-1)41-34-13-4-6-15-36(34)42(37-16-7-5-14-35(37)41)32-21-20-28-24-29(18-19-30(28)25-32)31-22-23-40-38(26-31)33-12-8-9-17-39(33)43-40;1-2-12-27(13-3-1)41-33-17-6-8-19-35(33)42(36-20-9-7-18-34(36)41)37-24-23-29(30-14-4-5-15-31(30)37)28-22-25-40-38(26-28)32-16-10-11-21-39(32)43-40;1-3-12-25(13-4-1)28-20-11-21-33-34-24-27(22-23-35(34)39-38(28)33)37-31-18-9-7-16-29(31)36(26-14-5-2-6-15-26)30-17-8-10-19-32(30)37/h2*1-26H;1-24H/i4D,5D,6D,7D,13D,14D,15D,16D;6D,7D,8D,9D,17D,18D,19D,20D;7D,8D,9D,10D,16D,17D,18D,19D. The summed E-state index contributed by atoms with van der Waals surface area (Å²) in [5, 5.41) is 11.5. The lowest BCUT2D eigenvalue weighted by molar-refractivity contribution is 0.668. The highest BCUT2D eigenvalue weighted by atomic mass is 16.3. The van der Waals surface area contributed by atoms with E-state index in [9.17, 15) is 5.48 Å². The third-order valence-electron chi connectivity index (χ3n) is 23.9. The number of fused-ring (bicyclic) bond motifs is 17. The summed E-state index contributed by atoms with van der Waals surface area (Å²) in [6, 6.07) is 91.5. The third kappa shape index (κ3) is 12.4. The van der Waals surface area contributed by atoms with E-state index < -0.39 is 72.5 Å². The molecule has 23 aromatic carbocycles. The Morgan fingerprint density at radius 3 is 0.872 bits per heavy atom. The van der Waals surface area contributed by atoms with Gasteiger partial charge in [0.25, 0.3) is 0 Å². The van der Waals surface area contributed by atoms with Crippen LogP contribution in [0.2, 0.25) is 0 Å². The quantitative estimate of drug-likeness (QED) is 0.135. The molecule has 125 heavy (non-hydrogen) atoms. The van der Waals surface area contributed by atoms with Crippen molar-refractivity contribution in [1.29, 1.82) is 0 Å². The second-order valence-corrected chi connectivity index (χ2v) is 30.8. The number of hydrogen-bond acceptors (Lipinski definition) is 3. The SMILES string of the molecule is [2H]c1c([2H])c([2H])c2c(-c3ccc(-c4ccc5oc6ccccc6c5c4)c4ccccc34)c3c([2H])c([2H])c([2H])c([2H])c3c(-c3ccccc3)c2c1[2H].[2H]c1c([2H])c([2H])c2c(-c3ccc4cc(-c5ccc6oc7ccccc7c6c5)ccc4c3)c3c([2H])c([2H])c([2H])c([2H])c3c(-c3ccccc3)c2c1[2H].[2H]c1c([2H])c([2H])c2c(-c3ccc4oc5c(-c6ccccc6)cccc5c4c3)c3c([2H])c([2H])c([2H])c([2H])c3c(-c3ccccc3)c2c1[2H]. The largest absolute Gasteiger partial charge is 0.456 e. The molecule has 3 nitrogen and oxygen atoms in total. The minimum Gasteiger partial charge on any atom is -0.456 e. The molecule has 0 amide bonds. The molecule has 0 fully saturated rings. The molecular formula is C122H76O3. The number of benzene rings is 23. The minimum atomic E-state index is -0.426. The van der Waals surface area contributed by atoms with E-state index in [-0.39, 0.29) is 137 Å². The average Bonchev–Trinajstić information content (AvgIpc) is 1.04. The second-order valence-electron chi connectivity index (χ2n) is 30.8. The first-order valence-corrected chi connectivity index (χ1v) is 40.9. The van der Waals surface area contributed by atoms with Crippen molar-refractivity contribution in [2.24, 2.45) is 0 Å². The van der Waals surface area contributed by atoms with Crippen molar-refractivity contribution in [1.82, 2.24) is 0 Å². The van der Waals surface area contributed by atoms with Crippen molar-refractivity contribution >= 4 is 152 Å². The molecule has 0 saturated carbocycles. The summed E-state index contributed by atoms with van der Waals surface area (Å²) >= 11 is 0. The summed E-state index contributed by atoms with van der Waals surface area (Å²) in [6.45, 7) is 0. The Morgan fingerprint density at radius 1 is 0.144 bits per heavy atom. The number of rotatable bonds is 9. The first kappa shape index (κ1) is 51.9. The minimum absolute atomic E-state index is 0.185. The molecule has 0 bridgehead atoms. The zero-order chi connectivity index (χ0) is 103. The maximum Gasteiger partial charge on any atom is 0.143 e. The van der Waals surface area contributed by atoms with E-state index in [0.29, 0.717) is 77.9 Å². The molecule has 582 valence electrons. The highest BCUT2D eigenvalue weighted by Crippen LogP contribution is 2.51. The molecule has 0 aliphatic rings. The molecule has 26 aromatic rings. The van der Waals surface area contributed by atoms with E-state index in [0.717, 1.165) is 110 Å². The van der Waals surface area contributed by atoms with Crippen LogP contribution in [0.15, 0.2) is 474 Å². The summed E-state index contributed by atoms with van der Waals surface area (Å²) < 4.78 is 232. The van der Waals surface area contributed by atoms with Gasteiger partial charge in [-0.15, -0.1) is 0 Å². The van der Waals surface area contributed by atoms with E-state index in [1.54, 1.807) is 84.9 Å². The van der Waals surface area contributed by atoms with Gasteiger partial charge >= 0.3 is 0 Å². The lowest BCUT2D eigenvalue weighted by Gasteiger charge is -2.19. The molecule has 0 atom stereocenters. The van der Waals surface area contributed by atoms with Crippen molar-refractivity contribution in [2.45, 2.75) is 0 Å². The first-order chi connectivity index (χ1) is 72.0. The highest BCUT2D eigenvalue weighted by Gasteiger charge is 2.24. The first-order valence-electron chi connectivity index (χ1n) is 52.9. The van der Waals surface area contributed by atoms with Crippen LogP contribution in [-0.2, 0) is 0 Å². The molecule has 3 heterocycles. The monoisotopic (exact) mass is 1610 g/mol. The fourth-order valence-corrected chi connectivity index (χ4v) is 18.4. The van der Waals surface area contributed by atoms with Crippen LogP contribution in [0.1, 0.15) is 32.9 Å². The van der Waals surface area contributed by atoms with Gasteiger partial charge in [0.2, 0.25) is 0 Å². The van der Waals surface area contributed by atoms with Gasteiger partial charge in [0, 0.05) is 37.9 Å². The van der Waals surface area contributed by atoms with Crippen molar-refractivity contribution in [2.75, 3.05) is 0 Å². The maximum absolute atomic E-state index is 9.29. The third-order valence-corrected chi connectivity index (χ3v) is 23.9. The van der Waals surface area contributed by atoms with Crippen LogP contribution in [-0.4, -0.2) is 0 Å². The average molecular weight is 1610 g/mol. The Bertz CT molecular complexity index is 10100. The Labute approximate surface area is 755 Å². The normalized spacial score (nSPS) is 14.4. The van der Waals surface area contributed by atoms with Crippen LogP contribution in [0.3, 0.4) is 0 Å². The smallest absolute Gasteiger partial charge is 0.143 e. The summed E-state index contributed by atoms with van der Waals surface area (Å²) in [5.74, 6) is 0. The van der Waals surface area contributed by atoms with Crippen LogP contribution >= 0.6 is 0 Å². The molecule has 0 unspecified atom stereocenters. The van der Waals surface area contributed by atoms with E-state index >= 15 is 0 Å². The van der Waals surface area contributed by atoms with Crippen molar-refractivity contribution in [3.8, 4) is 100 Å². The summed E-state index contributed by atoms with van der Waals surface area (Å²) in [4.78, 5) is 0. The second kappa shape index (κ2) is 30.4. The van der Waals surface area contributed by atoms with Gasteiger partial charge in [-0.2, -0.15) is 0 Å². The number of para-hydroxylation sites is 3. The topological polar surface area (TPSA) is 39.4 Å². The number of hydrogen-bond donors (Lipinski definition) is 0. The fourth-order valence-electron chi connectivity index (χ4n) is 18.4. The lowest BCUT2D eigenvalue weighted by Crippen LogP contribution is -1.92. The van der Waals surface area contributed by atoms with Crippen LogP contribution < -0.4 is 0 Å². The van der Waals surface area contributed by atoms with Crippen molar-refractivity contribution in [3.05, 3.63) is 460 Å². The molecule has 0 aliphatic heterocycles. The molecule has 0 saturated heterocycles. The molecule has 3 heteroatoms. The lowest BCUT2D eigenvalue weighted by atomic mass is 9.84. The molecule has 0 aliphatic carbocycles. The molecular weight excluding hydrogens is 1510 g/mol. The zero-order valence-corrected chi connectivity index (χ0v) is 66.2. The van der Waals surface area contributed by atoms with Gasteiger partial charge in [-0.25, -0.2) is 0 Å². The molecule has 3 aromatic heterocycles. The van der Waals surface area contributed by atoms with Crippen LogP contribution in [0.5, 0.6) is 0 Å². The molecule has 0 radical (unpaired) electrons. The van der Waals surface area contributed by atoms with Gasteiger partial charge in [-0.05, 0) is 241 Å². The van der Waals surface area contributed by atoms with Gasteiger partial charge in [-0.1, -0.05) is 400 Å². The van der Waals surface area contributed by atoms with Gasteiger partial charge in [0.15, 0.2) is 0 Å².